The van der Waals surface area contributed by atoms with Gasteiger partial charge in [0.2, 0.25) is 0 Å². The van der Waals surface area contributed by atoms with Crippen LogP contribution in [0.3, 0.4) is 0 Å². The quantitative estimate of drug-likeness (QED) is 0.0787. The van der Waals surface area contributed by atoms with Crippen LogP contribution >= 0.6 is 7.82 Å². The van der Waals surface area contributed by atoms with Crippen LogP contribution in [-0.4, -0.2) is 77.1 Å². The third-order valence-corrected chi connectivity index (χ3v) is 4.37. The molecular weight excluding hydrogens is 435 g/mol. The molecule has 0 aromatic heterocycles. The topological polar surface area (TPSA) is 202 Å². The summed E-state index contributed by atoms with van der Waals surface area (Å²) in [5, 5.41) is 48.6. The number of hydrogen-bond donors (Lipinski definition) is 7. The number of rotatable bonds is 14. The molecule has 0 aliphatic rings. The Labute approximate surface area is 179 Å². The molecule has 0 aromatic rings. The molecule has 31 heavy (non-hydrogen) atoms. The van der Waals surface area contributed by atoms with Gasteiger partial charge in [0.05, 0.1) is 6.10 Å². The molecule has 0 bridgehead atoms. The van der Waals surface area contributed by atoms with E-state index in [0.29, 0.717) is 6.08 Å². The van der Waals surface area contributed by atoms with Gasteiger partial charge in [-0.05, 0) is 26.0 Å². The van der Waals surface area contributed by atoms with E-state index in [1.165, 1.54) is 12.2 Å². The fourth-order valence-electron chi connectivity index (χ4n) is 2.27. The van der Waals surface area contributed by atoms with Crippen molar-refractivity contribution < 1.29 is 54.0 Å². The van der Waals surface area contributed by atoms with Crippen LogP contribution in [0.15, 0.2) is 48.6 Å². The molecule has 0 saturated heterocycles. The fourth-order valence-corrected chi connectivity index (χ4v) is 2.90. The van der Waals surface area contributed by atoms with Crippen LogP contribution in [0.2, 0.25) is 0 Å². The molecule has 12 heteroatoms. The summed E-state index contributed by atoms with van der Waals surface area (Å²) in [5.74, 6) is -1.83. The van der Waals surface area contributed by atoms with E-state index in [1.54, 1.807) is 19.1 Å². The van der Waals surface area contributed by atoms with Gasteiger partial charge in [0.1, 0.15) is 23.9 Å². The summed E-state index contributed by atoms with van der Waals surface area (Å²) in [6.07, 6.45) is 1.63. The first kappa shape index (κ1) is 29.1. The van der Waals surface area contributed by atoms with Crippen LogP contribution in [0.5, 0.6) is 0 Å². The maximum Gasteiger partial charge on any atom is 0.469 e. The first-order chi connectivity index (χ1) is 14.2. The van der Waals surface area contributed by atoms with Crippen LogP contribution in [0.1, 0.15) is 26.7 Å². The largest absolute Gasteiger partial charge is 0.478 e. The second kappa shape index (κ2) is 13.5. The highest BCUT2D eigenvalue weighted by Crippen LogP contribution is 2.41. The van der Waals surface area contributed by atoms with Crippen LogP contribution in [0, 0.1) is 0 Å². The van der Waals surface area contributed by atoms with E-state index < -0.39 is 62.4 Å². The molecule has 7 N–H and O–H groups in total. The molecule has 11 nitrogen and oxygen atoms in total. The van der Waals surface area contributed by atoms with Crippen LogP contribution in [0.4, 0.5) is 0 Å². The SMILES string of the molecule is CC=CC=CC(=O)CC(O)CC(OP(=O)(O)O)C(C)(O)C=CC(O)C(O)C=CC(=O)O. The van der Waals surface area contributed by atoms with Crippen molar-refractivity contribution in [1.29, 1.82) is 0 Å². The number of aliphatic carboxylic acids is 1. The standard InChI is InChI=1S/C19H29O11P/c1-3-4-5-6-13(20)11-14(21)12-17(30-31(27,28)29)19(2,26)10-9-16(23)15(22)7-8-18(24)25/h3-10,14-17,21-23,26H,11-12H2,1-2H3,(H,24,25)(H2,27,28,29). The maximum atomic E-state index is 11.8. The van der Waals surface area contributed by atoms with E-state index in [9.17, 15) is 34.6 Å². The lowest BCUT2D eigenvalue weighted by Crippen LogP contribution is -2.42. The van der Waals surface area contributed by atoms with Gasteiger partial charge in [0.25, 0.3) is 0 Å². The molecule has 0 spiro atoms. The van der Waals surface area contributed by atoms with Crippen molar-refractivity contribution in [2.75, 3.05) is 0 Å². The minimum absolute atomic E-state index is 0.407. The molecule has 0 amide bonds. The van der Waals surface area contributed by atoms with E-state index in [4.69, 9.17) is 14.9 Å². The Morgan fingerprint density at radius 2 is 1.65 bits per heavy atom. The third kappa shape index (κ3) is 13.9. The highest BCUT2D eigenvalue weighted by molar-refractivity contribution is 7.46. The van der Waals surface area contributed by atoms with Gasteiger partial charge in [-0.2, -0.15) is 0 Å². The molecular formula is C19H29O11P. The highest BCUT2D eigenvalue weighted by Gasteiger charge is 2.37. The fraction of sp³-hybridized carbons (Fsp3) is 0.474. The lowest BCUT2D eigenvalue weighted by molar-refractivity contribution is -0.131. The first-order valence-electron chi connectivity index (χ1n) is 9.11. The second-order valence-corrected chi connectivity index (χ2v) is 7.98. The molecule has 176 valence electrons. The van der Waals surface area contributed by atoms with Gasteiger partial charge in [0.15, 0.2) is 5.78 Å². The van der Waals surface area contributed by atoms with E-state index >= 15 is 0 Å². The van der Waals surface area contributed by atoms with Gasteiger partial charge in [-0.15, -0.1) is 0 Å². The van der Waals surface area contributed by atoms with Crippen LogP contribution in [-0.2, 0) is 18.7 Å². The third-order valence-electron chi connectivity index (χ3n) is 3.84. The summed E-state index contributed by atoms with van der Waals surface area (Å²) in [7, 11) is -5.12. The number of carbonyl (C=O) groups excluding carboxylic acids is 1. The summed E-state index contributed by atoms with van der Waals surface area (Å²) in [5.41, 5.74) is -2.16. The number of carboxylic acid groups (broad SMARTS) is 1. The summed E-state index contributed by atoms with van der Waals surface area (Å²) in [6.45, 7) is 2.80. The zero-order valence-electron chi connectivity index (χ0n) is 17.1. The summed E-state index contributed by atoms with van der Waals surface area (Å²) >= 11 is 0. The van der Waals surface area contributed by atoms with E-state index in [1.807, 2.05) is 0 Å². The summed E-state index contributed by atoms with van der Waals surface area (Å²) in [4.78, 5) is 40.4. The summed E-state index contributed by atoms with van der Waals surface area (Å²) < 4.78 is 15.8. The molecule has 0 rings (SSSR count). The highest BCUT2D eigenvalue weighted by atomic mass is 31.2. The molecule has 0 aromatic carbocycles. The zero-order valence-corrected chi connectivity index (χ0v) is 17.9. The Morgan fingerprint density at radius 1 is 1.06 bits per heavy atom. The van der Waals surface area contributed by atoms with Gasteiger partial charge < -0.3 is 35.3 Å². The van der Waals surface area contributed by atoms with Crippen molar-refractivity contribution >= 4 is 19.6 Å². The number of carboxylic acids is 1. The van der Waals surface area contributed by atoms with E-state index in [-0.39, 0.29) is 0 Å². The predicted molar refractivity (Wildman–Crippen MR) is 110 cm³/mol. The van der Waals surface area contributed by atoms with Crippen molar-refractivity contribution in [3.63, 3.8) is 0 Å². The number of phosphoric acid groups is 1. The van der Waals surface area contributed by atoms with Crippen molar-refractivity contribution in [3.8, 4) is 0 Å². The van der Waals surface area contributed by atoms with Crippen LogP contribution in [0.25, 0.3) is 0 Å². The zero-order chi connectivity index (χ0) is 24.2. The predicted octanol–water partition coefficient (Wildman–Crippen LogP) is -0.0234. The Kier molecular flexibility index (Phi) is 12.6. The van der Waals surface area contributed by atoms with Crippen LogP contribution < -0.4 is 0 Å². The second-order valence-electron chi connectivity index (χ2n) is 6.79. The number of phosphoric ester groups is 1. The number of allylic oxidation sites excluding steroid dienone is 4. The van der Waals surface area contributed by atoms with Crippen molar-refractivity contribution in [2.45, 2.75) is 56.7 Å². The minimum atomic E-state index is -5.12. The molecule has 0 aliphatic heterocycles. The first-order valence-corrected chi connectivity index (χ1v) is 10.6. The van der Waals surface area contributed by atoms with E-state index in [2.05, 4.69) is 4.52 Å². The molecule has 0 saturated carbocycles. The van der Waals surface area contributed by atoms with Gasteiger partial charge in [-0.25, -0.2) is 9.36 Å². The van der Waals surface area contributed by atoms with Crippen molar-refractivity contribution in [3.05, 3.63) is 48.6 Å². The lowest BCUT2D eigenvalue weighted by atomic mass is 9.91. The Morgan fingerprint density at radius 3 is 2.16 bits per heavy atom. The maximum absolute atomic E-state index is 11.8. The van der Waals surface area contributed by atoms with Gasteiger partial charge in [-0.1, -0.05) is 30.4 Å². The number of ketones is 1. The normalized spacial score (nSPS) is 19.1. The Balaban J connectivity index is 5.38. The molecule has 0 aliphatic carbocycles. The van der Waals surface area contributed by atoms with E-state index in [0.717, 1.165) is 25.2 Å². The number of carbonyl (C=O) groups is 2. The molecule has 5 unspecified atom stereocenters. The molecule has 0 fully saturated rings. The Bertz CT molecular complexity index is 748. The molecule has 5 atom stereocenters. The smallest absolute Gasteiger partial charge is 0.469 e. The van der Waals surface area contributed by atoms with Gasteiger partial charge in [-0.3, -0.25) is 9.32 Å². The number of aliphatic hydroxyl groups is 4. The number of hydrogen-bond acceptors (Lipinski definition) is 8. The lowest BCUT2D eigenvalue weighted by Gasteiger charge is -2.32. The van der Waals surface area contributed by atoms with Crippen molar-refractivity contribution in [1.82, 2.24) is 0 Å². The molecule has 0 heterocycles. The molecule has 0 radical (unpaired) electrons. The number of aliphatic hydroxyl groups excluding tert-OH is 3. The van der Waals surface area contributed by atoms with Gasteiger partial charge >= 0.3 is 13.8 Å². The minimum Gasteiger partial charge on any atom is -0.478 e. The average Bonchev–Trinajstić information content (AvgIpc) is 2.62. The average molecular weight is 464 g/mol. The Hall–Kier alpha value is -1.95. The van der Waals surface area contributed by atoms with Gasteiger partial charge in [0, 0.05) is 18.9 Å². The summed E-state index contributed by atoms with van der Waals surface area (Å²) in [6, 6.07) is 0. The monoisotopic (exact) mass is 464 g/mol. The van der Waals surface area contributed by atoms with Crippen molar-refractivity contribution in [2.24, 2.45) is 0 Å².